The lowest BCUT2D eigenvalue weighted by molar-refractivity contribution is 0.103. The van der Waals surface area contributed by atoms with E-state index in [9.17, 15) is 4.79 Å². The molecule has 2 fully saturated rings. The second kappa shape index (κ2) is 12.2. The molecule has 2 aromatic heterocycles. The van der Waals surface area contributed by atoms with Gasteiger partial charge in [0, 0.05) is 31.0 Å². The lowest BCUT2D eigenvalue weighted by Crippen LogP contribution is -2.40. The minimum atomic E-state index is -0.241. The Morgan fingerprint density at radius 2 is 1.97 bits per heavy atom. The molecule has 4 N–H and O–H groups in total. The van der Waals surface area contributed by atoms with Crippen molar-refractivity contribution in [2.45, 2.75) is 63.8 Å². The van der Waals surface area contributed by atoms with Crippen molar-refractivity contribution in [2.75, 3.05) is 38.1 Å². The van der Waals surface area contributed by atoms with Gasteiger partial charge in [-0.2, -0.15) is 4.98 Å². The van der Waals surface area contributed by atoms with Gasteiger partial charge in [-0.05, 0) is 82.4 Å². The van der Waals surface area contributed by atoms with Crippen LogP contribution in [0.25, 0.3) is 0 Å². The van der Waals surface area contributed by atoms with E-state index < -0.39 is 0 Å². The van der Waals surface area contributed by atoms with Crippen LogP contribution >= 0.6 is 0 Å². The third-order valence-electron chi connectivity index (χ3n) is 6.46. The molecule has 0 bridgehead atoms. The molecule has 0 aromatic carbocycles. The average Bonchev–Trinajstić information content (AvgIpc) is 3.34. The Hall–Kier alpha value is -2.33. The van der Waals surface area contributed by atoms with Crippen molar-refractivity contribution in [1.82, 2.24) is 24.8 Å². The third-order valence-corrected chi connectivity index (χ3v) is 6.46. The molecule has 180 valence electrons. The first-order chi connectivity index (χ1) is 16.2. The number of rotatable bonds is 11. The van der Waals surface area contributed by atoms with Crippen LogP contribution in [-0.2, 0) is 17.9 Å². The number of nitrogens with one attached hydrogen (secondary N) is 2. The fraction of sp³-hybridized carbons (Fsp3) is 0.625. The molecule has 2 saturated heterocycles. The average molecular weight is 456 g/mol. The first kappa shape index (κ1) is 23.8. The summed E-state index contributed by atoms with van der Waals surface area (Å²) in [6, 6.07) is 6.52. The van der Waals surface area contributed by atoms with E-state index in [1.807, 2.05) is 18.2 Å². The second-order valence-electron chi connectivity index (χ2n) is 9.16. The van der Waals surface area contributed by atoms with Crippen LogP contribution in [0.15, 0.2) is 35.4 Å². The number of hydrogen-bond acceptors (Lipinski definition) is 8. The molecule has 2 aliphatic heterocycles. The number of ether oxygens (including phenoxy) is 1. The maximum Gasteiger partial charge on any atom is 0.349 e. The van der Waals surface area contributed by atoms with E-state index in [-0.39, 0.29) is 5.69 Å². The van der Waals surface area contributed by atoms with Crippen molar-refractivity contribution < 1.29 is 4.74 Å². The summed E-state index contributed by atoms with van der Waals surface area (Å²) in [5.41, 5.74) is 6.74. The van der Waals surface area contributed by atoms with Gasteiger partial charge in [-0.3, -0.25) is 4.57 Å². The molecule has 0 spiro atoms. The molecule has 2 aromatic rings. The Kier molecular flexibility index (Phi) is 8.82. The van der Waals surface area contributed by atoms with Crippen LogP contribution in [0.3, 0.4) is 0 Å². The van der Waals surface area contributed by atoms with Crippen LogP contribution in [0.2, 0.25) is 0 Å². The summed E-state index contributed by atoms with van der Waals surface area (Å²) in [5.74, 6) is 1.16. The van der Waals surface area contributed by atoms with E-state index in [2.05, 4.69) is 25.5 Å². The van der Waals surface area contributed by atoms with Gasteiger partial charge in [-0.25, -0.2) is 9.78 Å². The highest BCUT2D eigenvalue weighted by molar-refractivity contribution is 5.50. The molecule has 4 rings (SSSR count). The summed E-state index contributed by atoms with van der Waals surface area (Å²) in [5, 5.41) is 6.54. The normalized spacial score (nSPS) is 19.7. The summed E-state index contributed by atoms with van der Waals surface area (Å²) in [4.78, 5) is 23.4. The molecular formula is C24H37N7O2. The molecule has 9 nitrogen and oxygen atoms in total. The summed E-state index contributed by atoms with van der Waals surface area (Å²) in [6.45, 7) is 6.29. The van der Waals surface area contributed by atoms with Gasteiger partial charge in [0.25, 0.3) is 0 Å². The van der Waals surface area contributed by atoms with Gasteiger partial charge in [-0.1, -0.05) is 6.07 Å². The number of nitrogens with two attached hydrogens (primary N) is 1. The maximum atomic E-state index is 12.4. The number of anilines is 2. The number of nitrogens with zero attached hydrogens (tertiary/aromatic N) is 4. The summed E-state index contributed by atoms with van der Waals surface area (Å²) in [6.07, 6.45) is 10.2. The summed E-state index contributed by atoms with van der Waals surface area (Å²) < 4.78 is 7.45. The molecule has 33 heavy (non-hydrogen) atoms. The molecule has 0 aliphatic carbocycles. The predicted molar refractivity (Wildman–Crippen MR) is 130 cm³/mol. The van der Waals surface area contributed by atoms with Crippen molar-refractivity contribution >= 4 is 11.6 Å². The van der Waals surface area contributed by atoms with Crippen molar-refractivity contribution in [2.24, 2.45) is 5.73 Å². The maximum absolute atomic E-state index is 12.4. The zero-order valence-electron chi connectivity index (χ0n) is 19.4. The minimum Gasteiger partial charge on any atom is -0.375 e. The molecule has 0 radical (unpaired) electrons. The topological polar surface area (TPSA) is 110 Å². The SMILES string of the molecule is NC1CCN(CCCCn2ccc(Nc3ccc(COC[C@@H]4CCCN4)cn3)nc2=O)CC1. The Balaban J connectivity index is 1.18. The third kappa shape index (κ3) is 7.60. The van der Waals surface area contributed by atoms with Crippen LogP contribution in [-0.4, -0.2) is 64.3 Å². The van der Waals surface area contributed by atoms with Crippen LogP contribution < -0.4 is 22.1 Å². The van der Waals surface area contributed by atoms with Crippen LogP contribution in [0.1, 0.15) is 44.1 Å². The van der Waals surface area contributed by atoms with Gasteiger partial charge < -0.3 is 26.0 Å². The Bertz CT molecular complexity index is 904. The van der Waals surface area contributed by atoms with Crippen molar-refractivity contribution in [1.29, 1.82) is 0 Å². The minimum absolute atomic E-state index is 0.241. The zero-order chi connectivity index (χ0) is 22.9. The largest absolute Gasteiger partial charge is 0.375 e. The summed E-state index contributed by atoms with van der Waals surface area (Å²) >= 11 is 0. The van der Waals surface area contributed by atoms with E-state index in [0.29, 0.717) is 36.9 Å². The number of aryl methyl sites for hydroxylation is 1. The summed E-state index contributed by atoms with van der Waals surface area (Å²) in [7, 11) is 0. The lowest BCUT2D eigenvalue weighted by Gasteiger charge is -2.29. The smallest absolute Gasteiger partial charge is 0.349 e. The monoisotopic (exact) mass is 455 g/mol. The molecule has 4 heterocycles. The van der Waals surface area contributed by atoms with Gasteiger partial charge in [0.2, 0.25) is 0 Å². The van der Waals surface area contributed by atoms with E-state index in [0.717, 1.165) is 64.0 Å². The molecule has 2 aliphatic rings. The molecule has 9 heteroatoms. The Morgan fingerprint density at radius 1 is 1.12 bits per heavy atom. The van der Waals surface area contributed by atoms with E-state index in [1.165, 1.54) is 12.8 Å². The lowest BCUT2D eigenvalue weighted by atomic mass is 10.1. The molecule has 0 amide bonds. The zero-order valence-corrected chi connectivity index (χ0v) is 19.4. The highest BCUT2D eigenvalue weighted by Crippen LogP contribution is 2.13. The van der Waals surface area contributed by atoms with Gasteiger partial charge in [-0.15, -0.1) is 0 Å². The molecule has 0 saturated carbocycles. The molecule has 1 atom stereocenters. The van der Waals surface area contributed by atoms with Gasteiger partial charge in [0.15, 0.2) is 0 Å². The van der Waals surface area contributed by atoms with Gasteiger partial charge in [0.05, 0.1) is 13.2 Å². The van der Waals surface area contributed by atoms with Gasteiger partial charge in [0.1, 0.15) is 11.6 Å². The van der Waals surface area contributed by atoms with Gasteiger partial charge >= 0.3 is 5.69 Å². The molecular weight excluding hydrogens is 418 g/mol. The fourth-order valence-corrected chi connectivity index (χ4v) is 4.40. The van der Waals surface area contributed by atoms with Crippen molar-refractivity contribution in [3.05, 3.63) is 46.6 Å². The fourth-order valence-electron chi connectivity index (χ4n) is 4.40. The Labute approximate surface area is 195 Å². The number of piperidine rings is 1. The number of unbranched alkanes of at least 4 members (excludes halogenated alkanes) is 1. The van der Waals surface area contributed by atoms with Crippen molar-refractivity contribution in [3.63, 3.8) is 0 Å². The van der Waals surface area contributed by atoms with Crippen LogP contribution in [0.4, 0.5) is 11.6 Å². The van der Waals surface area contributed by atoms with E-state index >= 15 is 0 Å². The molecule has 0 unspecified atom stereocenters. The van der Waals surface area contributed by atoms with Crippen LogP contribution in [0, 0.1) is 0 Å². The van der Waals surface area contributed by atoms with E-state index in [1.54, 1.807) is 17.0 Å². The highest BCUT2D eigenvalue weighted by atomic mass is 16.5. The first-order valence-electron chi connectivity index (χ1n) is 12.2. The predicted octanol–water partition coefficient (Wildman–Crippen LogP) is 1.85. The number of likely N-dealkylation sites (tertiary alicyclic amines) is 1. The van der Waals surface area contributed by atoms with Crippen LogP contribution in [0.5, 0.6) is 0 Å². The quantitative estimate of drug-likeness (QED) is 0.441. The second-order valence-corrected chi connectivity index (χ2v) is 9.16. The number of aromatic nitrogens is 3. The standard InChI is InChI=1S/C24H37N7O2/c25-20-7-13-30(14-8-20)11-1-2-12-31-15-9-23(29-24(31)32)28-22-6-5-19(16-27-22)17-33-18-21-4-3-10-26-21/h5-6,9,15-16,20-21,26H,1-4,7-8,10-14,17-18,25H2,(H,27,28,29,32)/t21-/m0/s1. The highest BCUT2D eigenvalue weighted by Gasteiger charge is 2.15. The number of pyridine rings is 1. The van der Waals surface area contributed by atoms with Crippen molar-refractivity contribution in [3.8, 4) is 0 Å². The number of hydrogen-bond donors (Lipinski definition) is 3. The first-order valence-corrected chi connectivity index (χ1v) is 12.2. The van der Waals surface area contributed by atoms with E-state index in [4.69, 9.17) is 10.5 Å². The Morgan fingerprint density at radius 3 is 2.70 bits per heavy atom.